The van der Waals surface area contributed by atoms with E-state index in [4.69, 9.17) is 9.47 Å². The van der Waals surface area contributed by atoms with E-state index in [1.807, 2.05) is 32.0 Å². The molecule has 0 unspecified atom stereocenters. The summed E-state index contributed by atoms with van der Waals surface area (Å²) < 4.78 is 38.8. The van der Waals surface area contributed by atoms with E-state index in [1.165, 1.54) is 6.07 Å². The van der Waals surface area contributed by atoms with Crippen molar-refractivity contribution in [2.75, 3.05) is 18.5 Å². The van der Waals surface area contributed by atoms with Gasteiger partial charge in [0.05, 0.1) is 6.04 Å². The molecule has 2 aromatic carbocycles. The molecule has 0 radical (unpaired) electrons. The first-order chi connectivity index (χ1) is 13.4. The highest BCUT2D eigenvalue weighted by Gasteiger charge is 2.24. The molecule has 150 valence electrons. The fraction of sp³-hybridized carbons (Fsp3) is 0.381. The molecule has 2 atom stereocenters. The Bertz CT molecular complexity index is 837. The van der Waals surface area contributed by atoms with Crippen LogP contribution in [0.2, 0.25) is 0 Å². The number of carbonyl (C=O) groups is 1. The normalized spacial score (nSPS) is 15.2. The molecule has 0 saturated carbocycles. The van der Waals surface area contributed by atoms with Gasteiger partial charge in [0.1, 0.15) is 30.5 Å². The fourth-order valence-electron chi connectivity index (χ4n) is 3.12. The van der Waals surface area contributed by atoms with Crippen LogP contribution < -0.4 is 20.1 Å². The predicted octanol–water partition coefficient (Wildman–Crippen LogP) is 4.05. The number of carbonyl (C=O) groups excluding carboxylic acids is 1. The smallest absolute Gasteiger partial charge is 0.241 e. The third kappa shape index (κ3) is 4.42. The molecule has 0 bridgehead atoms. The van der Waals surface area contributed by atoms with Crippen molar-refractivity contribution in [1.29, 1.82) is 0 Å². The van der Waals surface area contributed by atoms with E-state index in [1.54, 1.807) is 6.92 Å². The summed E-state index contributed by atoms with van der Waals surface area (Å²) in [7, 11) is 0. The second-order valence-corrected chi connectivity index (χ2v) is 7.10. The Morgan fingerprint density at radius 2 is 1.64 bits per heavy atom. The molecule has 28 heavy (non-hydrogen) atoms. The number of para-hydroxylation sites is 1. The molecule has 0 fully saturated rings. The SMILES string of the molecule is CC(C)[C@@H](N[C@@H](C)C(=O)Nc1c(F)cccc1F)c1ccc2c(c1)OCCO2. The van der Waals surface area contributed by atoms with Crippen molar-refractivity contribution in [3.05, 3.63) is 53.6 Å². The summed E-state index contributed by atoms with van der Waals surface area (Å²) >= 11 is 0. The molecule has 2 aromatic rings. The summed E-state index contributed by atoms with van der Waals surface area (Å²) in [6.45, 7) is 6.71. The maximum absolute atomic E-state index is 13.8. The zero-order chi connectivity index (χ0) is 20.3. The Morgan fingerprint density at radius 1 is 1.00 bits per heavy atom. The maximum atomic E-state index is 13.8. The van der Waals surface area contributed by atoms with Crippen molar-refractivity contribution >= 4 is 11.6 Å². The second kappa shape index (κ2) is 8.56. The quantitative estimate of drug-likeness (QED) is 0.781. The first-order valence-corrected chi connectivity index (χ1v) is 9.27. The third-order valence-corrected chi connectivity index (χ3v) is 4.63. The number of rotatable bonds is 6. The maximum Gasteiger partial charge on any atom is 0.241 e. The monoisotopic (exact) mass is 390 g/mol. The molecule has 0 saturated heterocycles. The Hall–Kier alpha value is -2.67. The molecule has 1 aliphatic rings. The van der Waals surface area contributed by atoms with Gasteiger partial charge in [0.15, 0.2) is 11.5 Å². The Labute approximate surface area is 163 Å². The van der Waals surface area contributed by atoms with Crippen LogP contribution >= 0.6 is 0 Å². The number of hydrogen-bond acceptors (Lipinski definition) is 4. The first kappa shape index (κ1) is 20.1. The number of amides is 1. The summed E-state index contributed by atoms with van der Waals surface area (Å²) in [5.41, 5.74) is 0.498. The van der Waals surface area contributed by atoms with E-state index < -0.39 is 29.3 Å². The van der Waals surface area contributed by atoms with Crippen molar-refractivity contribution in [3.63, 3.8) is 0 Å². The van der Waals surface area contributed by atoms with Crippen molar-refractivity contribution in [3.8, 4) is 11.5 Å². The topological polar surface area (TPSA) is 59.6 Å². The number of halogens is 2. The van der Waals surface area contributed by atoms with Crippen LogP contribution in [0.15, 0.2) is 36.4 Å². The summed E-state index contributed by atoms with van der Waals surface area (Å²) in [6, 6.07) is 8.27. The van der Waals surface area contributed by atoms with E-state index in [2.05, 4.69) is 10.6 Å². The van der Waals surface area contributed by atoms with Gasteiger partial charge in [-0.25, -0.2) is 8.78 Å². The van der Waals surface area contributed by atoms with Gasteiger partial charge in [0.2, 0.25) is 5.91 Å². The minimum Gasteiger partial charge on any atom is -0.486 e. The van der Waals surface area contributed by atoms with Gasteiger partial charge in [-0.1, -0.05) is 26.0 Å². The van der Waals surface area contributed by atoms with E-state index in [-0.39, 0.29) is 12.0 Å². The number of fused-ring (bicyclic) bond motifs is 1. The molecular weight excluding hydrogens is 366 g/mol. The molecule has 1 amide bonds. The van der Waals surface area contributed by atoms with Gasteiger partial charge in [-0.05, 0) is 42.7 Å². The molecular formula is C21H24F2N2O3. The summed E-state index contributed by atoms with van der Waals surface area (Å²) in [4.78, 5) is 12.5. The van der Waals surface area contributed by atoms with E-state index in [0.29, 0.717) is 24.7 Å². The number of ether oxygens (including phenoxy) is 2. The second-order valence-electron chi connectivity index (χ2n) is 7.10. The van der Waals surface area contributed by atoms with Crippen molar-refractivity contribution in [2.24, 2.45) is 5.92 Å². The van der Waals surface area contributed by atoms with Gasteiger partial charge in [0.25, 0.3) is 0 Å². The van der Waals surface area contributed by atoms with Crippen molar-refractivity contribution < 1.29 is 23.0 Å². The number of benzene rings is 2. The van der Waals surface area contributed by atoms with Crippen LogP contribution in [0.25, 0.3) is 0 Å². The number of anilines is 1. The molecule has 7 heteroatoms. The lowest BCUT2D eigenvalue weighted by Gasteiger charge is -2.28. The third-order valence-electron chi connectivity index (χ3n) is 4.63. The van der Waals surface area contributed by atoms with Gasteiger partial charge >= 0.3 is 0 Å². The van der Waals surface area contributed by atoms with Gasteiger partial charge in [-0.3, -0.25) is 10.1 Å². The molecule has 1 aliphatic heterocycles. The van der Waals surface area contributed by atoms with Crippen LogP contribution in [0.3, 0.4) is 0 Å². The Balaban J connectivity index is 1.74. The van der Waals surface area contributed by atoms with E-state index in [0.717, 1.165) is 17.7 Å². The van der Waals surface area contributed by atoms with Crippen LogP contribution in [0.1, 0.15) is 32.4 Å². The van der Waals surface area contributed by atoms with Crippen LogP contribution in [0.4, 0.5) is 14.5 Å². The molecule has 1 heterocycles. The van der Waals surface area contributed by atoms with Crippen LogP contribution in [-0.2, 0) is 4.79 Å². The van der Waals surface area contributed by atoms with Gasteiger partial charge in [-0.15, -0.1) is 0 Å². The highest BCUT2D eigenvalue weighted by molar-refractivity contribution is 5.94. The molecule has 0 aromatic heterocycles. The Kier molecular flexibility index (Phi) is 6.14. The highest BCUT2D eigenvalue weighted by Crippen LogP contribution is 2.34. The Morgan fingerprint density at radius 3 is 2.29 bits per heavy atom. The first-order valence-electron chi connectivity index (χ1n) is 9.27. The number of nitrogens with one attached hydrogen (secondary N) is 2. The summed E-state index contributed by atoms with van der Waals surface area (Å²) in [5, 5.41) is 5.57. The van der Waals surface area contributed by atoms with Gasteiger partial charge < -0.3 is 14.8 Å². The van der Waals surface area contributed by atoms with Crippen molar-refractivity contribution in [1.82, 2.24) is 5.32 Å². The predicted molar refractivity (Wildman–Crippen MR) is 103 cm³/mol. The van der Waals surface area contributed by atoms with Crippen LogP contribution in [0.5, 0.6) is 11.5 Å². The summed E-state index contributed by atoms with van der Waals surface area (Å²) in [5.74, 6) is -0.629. The largest absolute Gasteiger partial charge is 0.486 e. The molecule has 2 N–H and O–H groups in total. The molecule has 3 rings (SSSR count). The lowest BCUT2D eigenvalue weighted by molar-refractivity contribution is -0.118. The van der Waals surface area contributed by atoms with Gasteiger partial charge in [0, 0.05) is 6.04 Å². The molecule has 0 spiro atoms. The molecule has 5 nitrogen and oxygen atoms in total. The lowest BCUT2D eigenvalue weighted by Crippen LogP contribution is -2.42. The summed E-state index contributed by atoms with van der Waals surface area (Å²) in [6.07, 6.45) is 0. The average Bonchev–Trinajstić information content (AvgIpc) is 2.68. The molecule has 0 aliphatic carbocycles. The van der Waals surface area contributed by atoms with E-state index >= 15 is 0 Å². The zero-order valence-electron chi connectivity index (χ0n) is 16.1. The highest BCUT2D eigenvalue weighted by atomic mass is 19.1. The van der Waals surface area contributed by atoms with Crippen molar-refractivity contribution in [2.45, 2.75) is 32.9 Å². The minimum atomic E-state index is -0.812. The minimum absolute atomic E-state index is 0.156. The standard InChI is InChI=1S/C21H24F2N2O3/c1-12(2)19(14-7-8-17-18(11-14)28-10-9-27-17)24-13(3)21(26)25-20-15(22)5-4-6-16(20)23/h4-8,11-13,19,24H,9-10H2,1-3H3,(H,25,26)/t13-,19+/m0/s1. The zero-order valence-corrected chi connectivity index (χ0v) is 16.1. The van der Waals surface area contributed by atoms with Crippen LogP contribution in [0, 0.1) is 17.6 Å². The average molecular weight is 390 g/mol. The van der Waals surface area contributed by atoms with Gasteiger partial charge in [-0.2, -0.15) is 0 Å². The lowest BCUT2D eigenvalue weighted by atomic mass is 9.94. The van der Waals surface area contributed by atoms with E-state index in [9.17, 15) is 13.6 Å². The number of hydrogen-bond donors (Lipinski definition) is 2. The fourth-order valence-corrected chi connectivity index (χ4v) is 3.12. The van der Waals surface area contributed by atoms with Crippen LogP contribution in [-0.4, -0.2) is 25.2 Å².